The summed E-state index contributed by atoms with van der Waals surface area (Å²) in [7, 11) is 1.69. The molecule has 0 aliphatic carbocycles. The highest BCUT2D eigenvalue weighted by molar-refractivity contribution is 5.81. The van der Waals surface area contributed by atoms with Crippen molar-refractivity contribution in [2.24, 2.45) is 11.7 Å². The fourth-order valence-electron chi connectivity index (χ4n) is 1.69. The van der Waals surface area contributed by atoms with Crippen LogP contribution in [0.2, 0.25) is 0 Å². The Morgan fingerprint density at radius 3 is 3.00 bits per heavy atom. The highest BCUT2D eigenvalue weighted by atomic mass is 16.5. The van der Waals surface area contributed by atoms with Gasteiger partial charge in [-0.2, -0.15) is 0 Å². The molecule has 0 spiro atoms. The Morgan fingerprint density at radius 2 is 2.46 bits per heavy atom. The lowest BCUT2D eigenvalue weighted by atomic mass is 10.1. The highest BCUT2D eigenvalue weighted by Gasteiger charge is 2.27. The molecular weight excluding hydrogens is 168 g/mol. The molecule has 1 heterocycles. The van der Waals surface area contributed by atoms with Gasteiger partial charge >= 0.3 is 0 Å². The fourth-order valence-corrected chi connectivity index (χ4v) is 1.69. The van der Waals surface area contributed by atoms with Crippen LogP contribution in [-0.4, -0.2) is 43.7 Å². The van der Waals surface area contributed by atoms with Crippen LogP contribution in [0.3, 0.4) is 0 Å². The molecule has 76 valence electrons. The quantitative estimate of drug-likeness (QED) is 0.665. The topological polar surface area (TPSA) is 55.6 Å². The molecule has 1 aliphatic rings. The van der Waals surface area contributed by atoms with Crippen LogP contribution in [0.15, 0.2) is 0 Å². The summed E-state index contributed by atoms with van der Waals surface area (Å²) in [4.78, 5) is 13.3. The average Bonchev–Trinajstić information content (AvgIpc) is 2.52. The molecule has 1 unspecified atom stereocenters. The second kappa shape index (κ2) is 4.58. The second-order valence-corrected chi connectivity index (χ2v) is 3.68. The maximum absolute atomic E-state index is 11.5. The van der Waals surface area contributed by atoms with E-state index in [-0.39, 0.29) is 11.9 Å². The summed E-state index contributed by atoms with van der Waals surface area (Å²) in [6, 6.07) is -0.374. The zero-order valence-corrected chi connectivity index (χ0v) is 8.32. The minimum atomic E-state index is -0.374. The van der Waals surface area contributed by atoms with E-state index < -0.39 is 0 Å². The van der Waals surface area contributed by atoms with E-state index in [9.17, 15) is 4.79 Å². The number of carbonyl (C=O) groups is 1. The van der Waals surface area contributed by atoms with Gasteiger partial charge < -0.3 is 15.4 Å². The second-order valence-electron chi connectivity index (χ2n) is 3.68. The molecule has 2 N–H and O–H groups in total. The number of methoxy groups -OCH3 is 1. The van der Waals surface area contributed by atoms with E-state index in [0.29, 0.717) is 5.92 Å². The number of amides is 1. The zero-order valence-electron chi connectivity index (χ0n) is 8.32. The first-order valence-corrected chi connectivity index (χ1v) is 4.68. The Kier molecular flexibility index (Phi) is 3.69. The van der Waals surface area contributed by atoms with Gasteiger partial charge in [0, 0.05) is 26.1 Å². The standard InChI is InChI=1S/C9H18N2O2/c1-7(10)9(12)11-4-3-8(5-11)6-13-2/h7-8H,3-6,10H2,1-2H3/t7-,8?/m0/s1. The molecular formula is C9H18N2O2. The Balaban J connectivity index is 2.36. The number of carbonyl (C=O) groups excluding carboxylic acids is 1. The van der Waals surface area contributed by atoms with Gasteiger partial charge in [-0.15, -0.1) is 0 Å². The van der Waals surface area contributed by atoms with Gasteiger partial charge in [0.05, 0.1) is 12.6 Å². The molecule has 1 amide bonds. The Bertz CT molecular complexity index is 182. The van der Waals surface area contributed by atoms with Crippen molar-refractivity contribution in [2.45, 2.75) is 19.4 Å². The molecule has 13 heavy (non-hydrogen) atoms. The van der Waals surface area contributed by atoms with Crippen LogP contribution in [0.5, 0.6) is 0 Å². The minimum absolute atomic E-state index is 0.0543. The van der Waals surface area contributed by atoms with Gasteiger partial charge in [0.1, 0.15) is 0 Å². The minimum Gasteiger partial charge on any atom is -0.384 e. The summed E-state index contributed by atoms with van der Waals surface area (Å²) in [5, 5.41) is 0. The van der Waals surface area contributed by atoms with Crippen LogP contribution in [0.1, 0.15) is 13.3 Å². The Morgan fingerprint density at radius 1 is 1.77 bits per heavy atom. The SMILES string of the molecule is COCC1CCN(C(=O)[C@H](C)N)C1. The first kappa shape index (κ1) is 10.5. The van der Waals surface area contributed by atoms with Crippen molar-refractivity contribution in [3.05, 3.63) is 0 Å². The largest absolute Gasteiger partial charge is 0.384 e. The molecule has 4 nitrogen and oxygen atoms in total. The third-order valence-electron chi connectivity index (χ3n) is 2.39. The van der Waals surface area contributed by atoms with Gasteiger partial charge in [0.15, 0.2) is 0 Å². The van der Waals surface area contributed by atoms with E-state index >= 15 is 0 Å². The summed E-state index contributed by atoms with van der Waals surface area (Å²) < 4.78 is 5.05. The molecule has 4 heteroatoms. The number of nitrogens with two attached hydrogens (primary N) is 1. The maximum atomic E-state index is 11.5. The van der Waals surface area contributed by atoms with Gasteiger partial charge in [-0.05, 0) is 13.3 Å². The van der Waals surface area contributed by atoms with Crippen molar-refractivity contribution in [1.29, 1.82) is 0 Å². The first-order chi connectivity index (χ1) is 6.15. The van der Waals surface area contributed by atoms with Crippen LogP contribution in [0.4, 0.5) is 0 Å². The monoisotopic (exact) mass is 186 g/mol. The summed E-state index contributed by atoms with van der Waals surface area (Å²) in [6.45, 7) is 4.09. The van der Waals surface area contributed by atoms with Gasteiger partial charge in [0.2, 0.25) is 5.91 Å². The molecule has 0 bridgehead atoms. The maximum Gasteiger partial charge on any atom is 0.239 e. The summed E-state index contributed by atoms with van der Waals surface area (Å²) in [5.74, 6) is 0.548. The van der Waals surface area contributed by atoms with E-state index in [4.69, 9.17) is 10.5 Å². The highest BCUT2D eigenvalue weighted by Crippen LogP contribution is 2.16. The zero-order chi connectivity index (χ0) is 9.84. The third kappa shape index (κ3) is 2.67. The normalized spacial score (nSPS) is 24.8. The number of hydrogen-bond donors (Lipinski definition) is 1. The first-order valence-electron chi connectivity index (χ1n) is 4.68. The van der Waals surface area contributed by atoms with Crippen molar-refractivity contribution in [3.8, 4) is 0 Å². The van der Waals surface area contributed by atoms with E-state index in [1.807, 2.05) is 4.90 Å². The Hall–Kier alpha value is -0.610. The molecule has 1 aliphatic heterocycles. The lowest BCUT2D eigenvalue weighted by molar-refractivity contribution is -0.131. The third-order valence-corrected chi connectivity index (χ3v) is 2.39. The van der Waals surface area contributed by atoms with Gasteiger partial charge in [-0.25, -0.2) is 0 Å². The van der Waals surface area contributed by atoms with E-state index in [0.717, 1.165) is 26.1 Å². The number of nitrogens with zero attached hydrogens (tertiary/aromatic N) is 1. The van der Waals surface area contributed by atoms with Crippen LogP contribution in [0, 0.1) is 5.92 Å². The fraction of sp³-hybridized carbons (Fsp3) is 0.889. The van der Waals surface area contributed by atoms with Crippen molar-refractivity contribution in [3.63, 3.8) is 0 Å². The molecule has 0 aromatic rings. The van der Waals surface area contributed by atoms with Crippen molar-refractivity contribution in [2.75, 3.05) is 26.8 Å². The molecule has 2 atom stereocenters. The lowest BCUT2D eigenvalue weighted by Crippen LogP contribution is -2.40. The van der Waals surface area contributed by atoms with Crippen LogP contribution in [0.25, 0.3) is 0 Å². The molecule has 0 aromatic heterocycles. The lowest BCUT2D eigenvalue weighted by Gasteiger charge is -2.18. The van der Waals surface area contributed by atoms with Crippen LogP contribution >= 0.6 is 0 Å². The predicted octanol–water partition coefficient (Wildman–Crippen LogP) is -0.171. The smallest absolute Gasteiger partial charge is 0.239 e. The van der Waals surface area contributed by atoms with Crippen LogP contribution < -0.4 is 5.73 Å². The van der Waals surface area contributed by atoms with Crippen LogP contribution in [-0.2, 0) is 9.53 Å². The summed E-state index contributed by atoms with van der Waals surface area (Å²) in [5.41, 5.74) is 5.51. The summed E-state index contributed by atoms with van der Waals surface area (Å²) >= 11 is 0. The summed E-state index contributed by atoms with van der Waals surface area (Å²) in [6.07, 6.45) is 1.03. The van der Waals surface area contributed by atoms with E-state index in [1.165, 1.54) is 0 Å². The van der Waals surface area contributed by atoms with E-state index in [2.05, 4.69) is 0 Å². The number of hydrogen-bond acceptors (Lipinski definition) is 3. The van der Waals surface area contributed by atoms with Crippen molar-refractivity contribution < 1.29 is 9.53 Å². The number of rotatable bonds is 3. The number of likely N-dealkylation sites (tertiary alicyclic amines) is 1. The van der Waals surface area contributed by atoms with Gasteiger partial charge in [-0.1, -0.05) is 0 Å². The molecule has 1 saturated heterocycles. The van der Waals surface area contributed by atoms with E-state index in [1.54, 1.807) is 14.0 Å². The average molecular weight is 186 g/mol. The predicted molar refractivity (Wildman–Crippen MR) is 50.2 cm³/mol. The van der Waals surface area contributed by atoms with Crippen molar-refractivity contribution in [1.82, 2.24) is 4.90 Å². The van der Waals surface area contributed by atoms with Crippen molar-refractivity contribution >= 4 is 5.91 Å². The molecule has 1 fully saturated rings. The molecule has 0 aromatic carbocycles. The number of ether oxygens (including phenoxy) is 1. The van der Waals surface area contributed by atoms with Gasteiger partial charge in [0.25, 0.3) is 0 Å². The molecule has 0 radical (unpaired) electrons. The molecule has 0 saturated carbocycles. The van der Waals surface area contributed by atoms with Gasteiger partial charge in [-0.3, -0.25) is 4.79 Å². The Labute approximate surface area is 79.0 Å². The molecule has 1 rings (SSSR count).